The highest BCUT2D eigenvalue weighted by Crippen LogP contribution is 2.21. The lowest BCUT2D eigenvalue weighted by Crippen LogP contribution is -2.26. The van der Waals surface area contributed by atoms with Crippen LogP contribution in [0.25, 0.3) is 21.8 Å². The third-order valence-electron chi connectivity index (χ3n) is 4.50. The minimum absolute atomic E-state index is 0.197. The molecule has 7 nitrogen and oxygen atoms in total. The van der Waals surface area contributed by atoms with Crippen molar-refractivity contribution in [3.63, 3.8) is 0 Å². The molecule has 4 rings (SSSR count). The van der Waals surface area contributed by atoms with E-state index >= 15 is 0 Å². The zero-order chi connectivity index (χ0) is 19.0. The molecule has 0 aliphatic rings. The lowest BCUT2D eigenvalue weighted by atomic mass is 10.1. The Labute approximate surface area is 155 Å². The maximum Gasteiger partial charge on any atom is 0.279 e. The molecule has 0 aliphatic heterocycles. The van der Waals surface area contributed by atoms with E-state index in [-0.39, 0.29) is 11.3 Å². The molecule has 1 N–H and O–H groups in total. The summed E-state index contributed by atoms with van der Waals surface area (Å²) in [5.41, 5.74) is 1.75. The first-order chi connectivity index (χ1) is 13.1. The van der Waals surface area contributed by atoms with E-state index in [1.54, 1.807) is 24.3 Å². The summed E-state index contributed by atoms with van der Waals surface area (Å²) in [5.74, 6) is 0.0808. The van der Waals surface area contributed by atoms with Crippen LogP contribution in [0.5, 0.6) is 0 Å². The standard InChI is InChI=1S/C20H19N5O2/c1-3-12-25-16-11-7-6-10-15(16)21-20(25)22-18(26)17-13-8-4-5-9-14(13)19(27)24(2)23-17/h4-11H,3,12H2,1-2H3,(H,21,22,26). The molecule has 0 aliphatic carbocycles. The Morgan fingerprint density at radius 1 is 1.07 bits per heavy atom. The first kappa shape index (κ1) is 17.0. The molecular weight excluding hydrogens is 342 g/mol. The molecule has 27 heavy (non-hydrogen) atoms. The summed E-state index contributed by atoms with van der Waals surface area (Å²) >= 11 is 0. The number of nitrogens with zero attached hydrogens (tertiary/aromatic N) is 4. The average molecular weight is 361 g/mol. The highest BCUT2D eigenvalue weighted by molar-refractivity contribution is 6.10. The quantitative estimate of drug-likeness (QED) is 0.606. The molecule has 0 unspecified atom stereocenters. The third kappa shape index (κ3) is 2.87. The van der Waals surface area contributed by atoms with E-state index in [9.17, 15) is 9.59 Å². The predicted octanol–water partition coefficient (Wildman–Crippen LogP) is 2.95. The largest absolute Gasteiger partial charge is 0.310 e. The summed E-state index contributed by atoms with van der Waals surface area (Å²) in [7, 11) is 1.54. The lowest BCUT2D eigenvalue weighted by Gasteiger charge is -2.10. The molecule has 4 aromatic rings. The van der Waals surface area contributed by atoms with Crippen molar-refractivity contribution < 1.29 is 4.79 Å². The van der Waals surface area contributed by atoms with Crippen LogP contribution in [0.1, 0.15) is 23.8 Å². The summed E-state index contributed by atoms with van der Waals surface area (Å²) in [6, 6.07) is 14.7. The Bertz CT molecular complexity index is 1220. The molecule has 0 saturated heterocycles. The van der Waals surface area contributed by atoms with E-state index in [2.05, 4.69) is 22.3 Å². The SMILES string of the molecule is CCCn1c(NC(=O)c2nn(C)c(=O)c3ccccc23)nc2ccccc21. The Kier molecular flexibility index (Phi) is 4.19. The number of amides is 1. The highest BCUT2D eigenvalue weighted by atomic mass is 16.2. The van der Waals surface area contributed by atoms with E-state index in [4.69, 9.17) is 0 Å². The first-order valence-electron chi connectivity index (χ1n) is 8.83. The van der Waals surface area contributed by atoms with Gasteiger partial charge in [-0.25, -0.2) is 9.67 Å². The van der Waals surface area contributed by atoms with Gasteiger partial charge in [-0.3, -0.25) is 14.9 Å². The van der Waals surface area contributed by atoms with Gasteiger partial charge in [0.15, 0.2) is 5.69 Å². The minimum Gasteiger partial charge on any atom is -0.310 e. The van der Waals surface area contributed by atoms with E-state index in [0.29, 0.717) is 16.7 Å². The monoisotopic (exact) mass is 361 g/mol. The Hall–Kier alpha value is -3.48. The Morgan fingerprint density at radius 3 is 2.56 bits per heavy atom. The van der Waals surface area contributed by atoms with Crippen molar-refractivity contribution >= 4 is 33.7 Å². The second-order valence-corrected chi connectivity index (χ2v) is 6.35. The van der Waals surface area contributed by atoms with E-state index < -0.39 is 5.91 Å². The van der Waals surface area contributed by atoms with Crippen molar-refractivity contribution in [1.29, 1.82) is 0 Å². The molecule has 7 heteroatoms. The fraction of sp³-hybridized carbons (Fsp3) is 0.200. The summed E-state index contributed by atoms with van der Waals surface area (Å²) in [6.45, 7) is 2.81. The molecule has 2 heterocycles. The number of hydrogen-bond donors (Lipinski definition) is 1. The van der Waals surface area contributed by atoms with Gasteiger partial charge in [0, 0.05) is 19.0 Å². The molecule has 0 radical (unpaired) electrons. The number of carbonyl (C=O) groups excluding carboxylic acids is 1. The highest BCUT2D eigenvalue weighted by Gasteiger charge is 2.19. The van der Waals surface area contributed by atoms with E-state index in [0.717, 1.165) is 24.0 Å². The number of carbonyl (C=O) groups is 1. The maximum absolute atomic E-state index is 13.0. The van der Waals surface area contributed by atoms with Gasteiger partial charge in [0.2, 0.25) is 5.95 Å². The second kappa shape index (κ2) is 6.68. The normalized spacial score (nSPS) is 11.2. The van der Waals surface area contributed by atoms with Gasteiger partial charge in [0.25, 0.3) is 11.5 Å². The number of aromatic nitrogens is 4. The van der Waals surface area contributed by atoms with Crippen LogP contribution in [-0.2, 0) is 13.6 Å². The van der Waals surface area contributed by atoms with Gasteiger partial charge in [-0.1, -0.05) is 37.3 Å². The van der Waals surface area contributed by atoms with Crippen molar-refractivity contribution in [3.8, 4) is 0 Å². The second-order valence-electron chi connectivity index (χ2n) is 6.35. The summed E-state index contributed by atoms with van der Waals surface area (Å²) in [6.07, 6.45) is 0.907. The number of para-hydroxylation sites is 2. The lowest BCUT2D eigenvalue weighted by molar-refractivity contribution is 0.102. The topological polar surface area (TPSA) is 81.8 Å². The fourth-order valence-corrected chi connectivity index (χ4v) is 3.25. The fourth-order valence-electron chi connectivity index (χ4n) is 3.25. The van der Waals surface area contributed by atoms with Gasteiger partial charge in [0.1, 0.15) is 0 Å². The molecule has 2 aromatic heterocycles. The van der Waals surface area contributed by atoms with Gasteiger partial charge in [0.05, 0.1) is 16.4 Å². The van der Waals surface area contributed by atoms with Crippen molar-refractivity contribution in [2.75, 3.05) is 5.32 Å². The van der Waals surface area contributed by atoms with Gasteiger partial charge in [-0.15, -0.1) is 0 Å². The van der Waals surface area contributed by atoms with Crippen molar-refractivity contribution in [1.82, 2.24) is 19.3 Å². The van der Waals surface area contributed by atoms with Crippen LogP contribution in [0, 0.1) is 0 Å². The first-order valence-corrected chi connectivity index (χ1v) is 8.83. The van der Waals surface area contributed by atoms with Gasteiger partial charge < -0.3 is 4.57 Å². The molecule has 0 spiro atoms. The number of fused-ring (bicyclic) bond motifs is 2. The third-order valence-corrected chi connectivity index (χ3v) is 4.50. The van der Waals surface area contributed by atoms with Crippen LogP contribution >= 0.6 is 0 Å². The van der Waals surface area contributed by atoms with Crippen molar-refractivity contribution in [2.24, 2.45) is 7.05 Å². The molecule has 1 amide bonds. The number of hydrogen-bond acceptors (Lipinski definition) is 4. The Balaban J connectivity index is 1.81. The minimum atomic E-state index is -0.394. The molecule has 2 aromatic carbocycles. The van der Waals surface area contributed by atoms with E-state index in [1.807, 2.05) is 28.8 Å². The molecule has 0 fully saturated rings. The number of rotatable bonds is 4. The summed E-state index contributed by atoms with van der Waals surface area (Å²) in [5, 5.41) is 8.04. The molecule has 0 saturated carbocycles. The van der Waals surface area contributed by atoms with Crippen molar-refractivity contribution in [3.05, 3.63) is 64.6 Å². The number of anilines is 1. The number of aryl methyl sites for hydroxylation is 2. The molecule has 0 atom stereocenters. The zero-order valence-electron chi connectivity index (χ0n) is 15.1. The van der Waals surface area contributed by atoms with Crippen LogP contribution in [0.3, 0.4) is 0 Å². The molecular formula is C20H19N5O2. The zero-order valence-corrected chi connectivity index (χ0v) is 15.1. The van der Waals surface area contributed by atoms with Crippen LogP contribution in [0.2, 0.25) is 0 Å². The smallest absolute Gasteiger partial charge is 0.279 e. The average Bonchev–Trinajstić information content (AvgIpc) is 3.02. The number of imidazole rings is 1. The van der Waals surface area contributed by atoms with Crippen LogP contribution < -0.4 is 10.9 Å². The number of nitrogens with one attached hydrogen (secondary N) is 1. The molecule has 136 valence electrons. The van der Waals surface area contributed by atoms with E-state index in [1.165, 1.54) is 11.7 Å². The predicted molar refractivity (Wildman–Crippen MR) is 105 cm³/mol. The van der Waals surface area contributed by atoms with Crippen molar-refractivity contribution in [2.45, 2.75) is 19.9 Å². The van der Waals surface area contributed by atoms with Gasteiger partial charge in [-0.2, -0.15) is 5.10 Å². The maximum atomic E-state index is 13.0. The summed E-state index contributed by atoms with van der Waals surface area (Å²) < 4.78 is 3.17. The van der Waals surface area contributed by atoms with Crippen LogP contribution in [0.15, 0.2) is 53.3 Å². The summed E-state index contributed by atoms with van der Waals surface area (Å²) in [4.78, 5) is 29.8. The Morgan fingerprint density at radius 2 is 1.78 bits per heavy atom. The number of benzene rings is 2. The van der Waals surface area contributed by atoms with Crippen LogP contribution in [-0.4, -0.2) is 25.2 Å². The molecule has 0 bridgehead atoms. The van der Waals surface area contributed by atoms with Gasteiger partial charge >= 0.3 is 0 Å². The van der Waals surface area contributed by atoms with Gasteiger partial charge in [-0.05, 0) is 24.6 Å². The van der Waals surface area contributed by atoms with Crippen LogP contribution in [0.4, 0.5) is 5.95 Å².